The number of hydrogen-bond acceptors (Lipinski definition) is 3. The second-order valence-electron chi connectivity index (χ2n) is 6.41. The molecule has 0 aromatic carbocycles. The summed E-state index contributed by atoms with van der Waals surface area (Å²) in [5, 5.41) is 0. The van der Waals surface area contributed by atoms with Gasteiger partial charge in [0.25, 0.3) is 0 Å². The first kappa shape index (κ1) is 14.2. The number of piperazine rings is 1. The number of amides is 1. The standard InChI is InChI=1S/C14H26N2OS/c1-12(2)10-15-5-7-16(8-6-15)13(17)9-14(11-18)3-4-14/h12,18H,3-11H2,1-2H3. The second-order valence-corrected chi connectivity index (χ2v) is 6.73. The topological polar surface area (TPSA) is 23.6 Å². The van der Waals surface area contributed by atoms with Gasteiger partial charge in [0.15, 0.2) is 0 Å². The van der Waals surface area contributed by atoms with Crippen LogP contribution in [0.25, 0.3) is 0 Å². The lowest BCUT2D eigenvalue weighted by molar-refractivity contribution is -0.134. The highest BCUT2D eigenvalue weighted by molar-refractivity contribution is 7.80. The monoisotopic (exact) mass is 270 g/mol. The molecule has 1 heterocycles. The maximum atomic E-state index is 12.2. The number of hydrogen-bond donors (Lipinski definition) is 1. The highest BCUT2D eigenvalue weighted by Gasteiger charge is 2.43. The summed E-state index contributed by atoms with van der Waals surface area (Å²) in [6.07, 6.45) is 3.10. The van der Waals surface area contributed by atoms with E-state index in [4.69, 9.17) is 0 Å². The molecule has 1 saturated heterocycles. The molecule has 0 atom stereocenters. The van der Waals surface area contributed by atoms with Crippen LogP contribution in [0.1, 0.15) is 33.1 Å². The lowest BCUT2D eigenvalue weighted by Crippen LogP contribution is -2.49. The van der Waals surface area contributed by atoms with Crippen molar-refractivity contribution in [3.63, 3.8) is 0 Å². The van der Waals surface area contributed by atoms with Crippen molar-refractivity contribution in [1.29, 1.82) is 0 Å². The molecule has 1 aliphatic heterocycles. The van der Waals surface area contributed by atoms with Crippen LogP contribution < -0.4 is 0 Å². The third-order valence-corrected chi connectivity index (χ3v) is 4.84. The summed E-state index contributed by atoms with van der Waals surface area (Å²) in [7, 11) is 0. The Morgan fingerprint density at radius 2 is 1.83 bits per heavy atom. The van der Waals surface area contributed by atoms with Crippen molar-refractivity contribution in [1.82, 2.24) is 9.80 Å². The van der Waals surface area contributed by atoms with Gasteiger partial charge in [-0.25, -0.2) is 0 Å². The normalized spacial score (nSPS) is 23.4. The third-order valence-electron chi connectivity index (χ3n) is 4.17. The summed E-state index contributed by atoms with van der Waals surface area (Å²) in [6.45, 7) is 9.56. The molecule has 0 unspecified atom stereocenters. The predicted octanol–water partition coefficient (Wildman–Crippen LogP) is 1.89. The molecule has 0 spiro atoms. The van der Waals surface area contributed by atoms with E-state index in [1.165, 1.54) is 12.8 Å². The summed E-state index contributed by atoms with van der Waals surface area (Å²) in [5.74, 6) is 1.93. The number of carbonyl (C=O) groups excluding carboxylic acids is 1. The molecule has 104 valence electrons. The molecule has 1 saturated carbocycles. The number of carbonyl (C=O) groups is 1. The molecule has 1 amide bonds. The molecule has 0 aromatic heterocycles. The average Bonchev–Trinajstić information content (AvgIpc) is 3.09. The number of rotatable bonds is 5. The summed E-state index contributed by atoms with van der Waals surface area (Å²) >= 11 is 4.38. The van der Waals surface area contributed by atoms with Crippen LogP contribution in [0.15, 0.2) is 0 Å². The van der Waals surface area contributed by atoms with Gasteiger partial charge in [-0.15, -0.1) is 0 Å². The molecule has 0 bridgehead atoms. The highest BCUT2D eigenvalue weighted by Crippen LogP contribution is 2.49. The fourth-order valence-electron chi connectivity index (χ4n) is 2.70. The molecule has 3 nitrogen and oxygen atoms in total. The Labute approximate surface area is 116 Å². The van der Waals surface area contributed by atoms with Crippen LogP contribution >= 0.6 is 12.6 Å². The van der Waals surface area contributed by atoms with Gasteiger partial charge in [-0.2, -0.15) is 12.6 Å². The Balaban J connectivity index is 1.74. The van der Waals surface area contributed by atoms with E-state index < -0.39 is 0 Å². The smallest absolute Gasteiger partial charge is 0.223 e. The fourth-order valence-corrected chi connectivity index (χ4v) is 3.12. The van der Waals surface area contributed by atoms with E-state index in [-0.39, 0.29) is 5.41 Å². The third kappa shape index (κ3) is 3.64. The van der Waals surface area contributed by atoms with Gasteiger partial charge in [0.2, 0.25) is 5.91 Å². The van der Waals surface area contributed by atoms with Gasteiger partial charge in [-0.1, -0.05) is 13.8 Å². The molecule has 0 aromatic rings. The highest BCUT2D eigenvalue weighted by atomic mass is 32.1. The molecular weight excluding hydrogens is 244 g/mol. The van der Waals surface area contributed by atoms with Crippen molar-refractivity contribution in [2.75, 3.05) is 38.5 Å². The number of thiol groups is 1. The van der Waals surface area contributed by atoms with E-state index in [2.05, 4.69) is 36.3 Å². The molecule has 2 fully saturated rings. The quantitative estimate of drug-likeness (QED) is 0.771. The van der Waals surface area contributed by atoms with Crippen LogP contribution in [0.3, 0.4) is 0 Å². The minimum atomic E-state index is 0.259. The van der Waals surface area contributed by atoms with Gasteiger partial charge in [0.1, 0.15) is 0 Å². The minimum Gasteiger partial charge on any atom is -0.340 e. The molecule has 18 heavy (non-hydrogen) atoms. The molecule has 2 aliphatic rings. The van der Waals surface area contributed by atoms with Crippen molar-refractivity contribution in [3.05, 3.63) is 0 Å². The zero-order valence-corrected chi connectivity index (χ0v) is 12.6. The van der Waals surface area contributed by atoms with Gasteiger partial charge in [-0.05, 0) is 29.9 Å². The average molecular weight is 270 g/mol. The van der Waals surface area contributed by atoms with Gasteiger partial charge >= 0.3 is 0 Å². The van der Waals surface area contributed by atoms with Crippen molar-refractivity contribution in [2.24, 2.45) is 11.3 Å². The largest absolute Gasteiger partial charge is 0.340 e. The Hall–Kier alpha value is -0.220. The number of nitrogens with zero attached hydrogens (tertiary/aromatic N) is 2. The van der Waals surface area contributed by atoms with Crippen LogP contribution in [0.2, 0.25) is 0 Å². The van der Waals surface area contributed by atoms with E-state index in [0.29, 0.717) is 11.8 Å². The molecule has 0 radical (unpaired) electrons. The summed E-state index contributed by atoms with van der Waals surface area (Å²) in [6, 6.07) is 0. The van der Waals surface area contributed by atoms with Crippen LogP contribution in [-0.2, 0) is 4.79 Å². The first-order valence-corrected chi connectivity index (χ1v) is 7.79. The lowest BCUT2D eigenvalue weighted by Gasteiger charge is -2.36. The Morgan fingerprint density at radius 3 is 2.28 bits per heavy atom. The lowest BCUT2D eigenvalue weighted by atomic mass is 10.0. The first-order chi connectivity index (χ1) is 8.54. The summed E-state index contributed by atoms with van der Waals surface area (Å²) < 4.78 is 0. The van der Waals surface area contributed by atoms with E-state index in [9.17, 15) is 4.79 Å². The molecular formula is C14H26N2OS. The van der Waals surface area contributed by atoms with Crippen molar-refractivity contribution >= 4 is 18.5 Å². The Morgan fingerprint density at radius 1 is 1.22 bits per heavy atom. The van der Waals surface area contributed by atoms with Gasteiger partial charge in [0, 0.05) is 39.1 Å². The maximum Gasteiger partial charge on any atom is 0.223 e. The zero-order valence-electron chi connectivity index (χ0n) is 11.7. The minimum absolute atomic E-state index is 0.259. The Kier molecular flexibility index (Phi) is 4.59. The van der Waals surface area contributed by atoms with Crippen LogP contribution in [-0.4, -0.2) is 54.2 Å². The van der Waals surface area contributed by atoms with E-state index in [1.54, 1.807) is 0 Å². The first-order valence-electron chi connectivity index (χ1n) is 7.16. The van der Waals surface area contributed by atoms with Crippen LogP contribution in [0.5, 0.6) is 0 Å². The van der Waals surface area contributed by atoms with Crippen molar-refractivity contribution in [3.8, 4) is 0 Å². The summed E-state index contributed by atoms with van der Waals surface area (Å²) in [4.78, 5) is 16.7. The van der Waals surface area contributed by atoms with Crippen molar-refractivity contribution < 1.29 is 4.79 Å². The van der Waals surface area contributed by atoms with Gasteiger partial charge in [0.05, 0.1) is 0 Å². The molecule has 2 rings (SSSR count). The molecule has 1 aliphatic carbocycles. The SMILES string of the molecule is CC(C)CN1CCN(C(=O)CC2(CS)CC2)CC1. The predicted molar refractivity (Wildman–Crippen MR) is 78.0 cm³/mol. The maximum absolute atomic E-state index is 12.2. The van der Waals surface area contributed by atoms with Crippen LogP contribution in [0.4, 0.5) is 0 Å². The van der Waals surface area contributed by atoms with Gasteiger partial charge < -0.3 is 4.90 Å². The van der Waals surface area contributed by atoms with E-state index in [0.717, 1.165) is 44.9 Å². The second kappa shape index (κ2) is 5.83. The van der Waals surface area contributed by atoms with Gasteiger partial charge in [-0.3, -0.25) is 9.69 Å². The molecule has 4 heteroatoms. The zero-order chi connectivity index (χ0) is 13.2. The molecule has 0 N–H and O–H groups in total. The van der Waals surface area contributed by atoms with E-state index in [1.807, 2.05) is 0 Å². The summed E-state index contributed by atoms with van der Waals surface area (Å²) in [5.41, 5.74) is 0.259. The van der Waals surface area contributed by atoms with Crippen LogP contribution in [0, 0.1) is 11.3 Å². The van der Waals surface area contributed by atoms with Crippen molar-refractivity contribution in [2.45, 2.75) is 33.1 Å². The fraction of sp³-hybridized carbons (Fsp3) is 0.929. The Bertz CT molecular complexity index is 294. The van der Waals surface area contributed by atoms with E-state index >= 15 is 0 Å².